The number of carbonyl (C=O) groups excluding carboxylic acids is 2. The number of benzene rings is 2. The van der Waals surface area contributed by atoms with Gasteiger partial charge in [-0.3, -0.25) is 9.59 Å². The van der Waals surface area contributed by atoms with Crippen LogP contribution in [0.15, 0.2) is 42.5 Å². The topological polar surface area (TPSA) is 59.5 Å². The lowest BCUT2D eigenvalue weighted by Gasteiger charge is -2.33. The largest absolute Gasteiger partial charge is 0.468 e. The molecular formula is C23H21FN2O3S. The Labute approximate surface area is 178 Å². The summed E-state index contributed by atoms with van der Waals surface area (Å²) in [4.78, 5) is 32.2. The fourth-order valence-electron chi connectivity index (χ4n) is 3.75. The Morgan fingerprint density at radius 3 is 2.70 bits per heavy atom. The highest BCUT2D eigenvalue weighted by Crippen LogP contribution is 2.34. The molecule has 2 heterocycles. The first-order valence-electron chi connectivity index (χ1n) is 9.58. The highest BCUT2D eigenvalue weighted by Gasteiger charge is 2.34. The maximum atomic E-state index is 14.4. The molecule has 7 heteroatoms. The van der Waals surface area contributed by atoms with Crippen LogP contribution in [-0.2, 0) is 16.1 Å². The zero-order valence-corrected chi connectivity index (χ0v) is 17.8. The summed E-state index contributed by atoms with van der Waals surface area (Å²) in [5.74, 6) is -1.48. The van der Waals surface area contributed by atoms with Crippen LogP contribution in [0.4, 0.5) is 4.39 Å². The molecule has 0 saturated heterocycles. The summed E-state index contributed by atoms with van der Waals surface area (Å²) in [7, 11) is 1.35. The van der Waals surface area contributed by atoms with Crippen LogP contribution in [0, 0.1) is 19.7 Å². The number of nitrogens with zero attached hydrogens (tertiary/aromatic N) is 2. The minimum absolute atomic E-state index is 0.216. The van der Waals surface area contributed by atoms with E-state index in [-0.39, 0.29) is 24.2 Å². The predicted octanol–water partition coefficient (Wildman–Crippen LogP) is 4.48. The summed E-state index contributed by atoms with van der Waals surface area (Å²) >= 11 is 1.17. The molecule has 0 saturated carbocycles. The first-order chi connectivity index (χ1) is 14.4. The van der Waals surface area contributed by atoms with Crippen molar-refractivity contribution >= 4 is 23.2 Å². The molecule has 1 unspecified atom stereocenters. The van der Waals surface area contributed by atoms with Gasteiger partial charge in [0.05, 0.1) is 18.7 Å². The van der Waals surface area contributed by atoms with Gasteiger partial charge < -0.3 is 9.64 Å². The van der Waals surface area contributed by atoms with E-state index >= 15 is 0 Å². The third-order valence-electron chi connectivity index (χ3n) is 5.31. The molecule has 2 aromatic carbocycles. The molecule has 0 spiro atoms. The van der Waals surface area contributed by atoms with Crippen molar-refractivity contribution in [1.82, 2.24) is 9.88 Å². The fourth-order valence-corrected chi connectivity index (χ4v) is 4.81. The van der Waals surface area contributed by atoms with Crippen LogP contribution in [-0.4, -0.2) is 35.4 Å². The van der Waals surface area contributed by atoms with E-state index in [0.29, 0.717) is 27.7 Å². The van der Waals surface area contributed by atoms with Gasteiger partial charge in [-0.2, -0.15) is 0 Å². The normalized spacial score (nSPS) is 15.6. The molecule has 3 aromatic rings. The van der Waals surface area contributed by atoms with Gasteiger partial charge >= 0.3 is 5.97 Å². The van der Waals surface area contributed by atoms with Gasteiger partial charge in [-0.1, -0.05) is 30.3 Å². The number of hydrogen-bond acceptors (Lipinski definition) is 5. The standard InChI is InChI=1S/C23H21FN2O3S/c1-13-8-9-17(19(24)10-13)21-25-14(2)20(30-21)22(27)26-11-15-6-4-5-7-16(15)18(12-26)23(28)29-3/h4-10,18H,11-12H2,1-3H3. The maximum absolute atomic E-state index is 14.4. The van der Waals surface area contributed by atoms with Crippen molar-refractivity contribution in [3.8, 4) is 10.6 Å². The van der Waals surface area contributed by atoms with Crippen LogP contribution in [0.3, 0.4) is 0 Å². The van der Waals surface area contributed by atoms with Gasteiger partial charge in [0.1, 0.15) is 15.7 Å². The Morgan fingerprint density at radius 2 is 1.97 bits per heavy atom. The molecule has 0 aliphatic carbocycles. The van der Waals surface area contributed by atoms with Crippen LogP contribution in [0.5, 0.6) is 0 Å². The lowest BCUT2D eigenvalue weighted by Crippen LogP contribution is -2.40. The number of rotatable bonds is 3. The van der Waals surface area contributed by atoms with E-state index in [4.69, 9.17) is 4.74 Å². The number of esters is 1. The molecule has 4 rings (SSSR count). The Kier molecular flexibility index (Phi) is 5.39. The number of amides is 1. The Morgan fingerprint density at radius 1 is 1.20 bits per heavy atom. The predicted molar refractivity (Wildman–Crippen MR) is 113 cm³/mol. The van der Waals surface area contributed by atoms with Crippen LogP contribution in [0.1, 0.15) is 38.0 Å². The van der Waals surface area contributed by atoms with Gasteiger partial charge in [-0.05, 0) is 42.7 Å². The molecule has 1 atom stereocenters. The molecule has 5 nitrogen and oxygen atoms in total. The van der Waals surface area contributed by atoms with E-state index in [1.165, 1.54) is 24.5 Å². The molecule has 1 aliphatic heterocycles. The van der Waals surface area contributed by atoms with Crippen molar-refractivity contribution < 1.29 is 18.7 Å². The summed E-state index contributed by atoms with van der Waals surface area (Å²) in [6.07, 6.45) is 0. The van der Waals surface area contributed by atoms with Crippen molar-refractivity contribution in [3.05, 3.63) is 75.5 Å². The van der Waals surface area contributed by atoms with Crippen molar-refractivity contribution in [2.75, 3.05) is 13.7 Å². The average Bonchev–Trinajstić information content (AvgIpc) is 3.12. The van der Waals surface area contributed by atoms with Crippen molar-refractivity contribution in [2.45, 2.75) is 26.3 Å². The second kappa shape index (κ2) is 7.99. The van der Waals surface area contributed by atoms with E-state index in [0.717, 1.165) is 16.7 Å². The molecule has 1 aliphatic rings. The first-order valence-corrected chi connectivity index (χ1v) is 10.4. The van der Waals surface area contributed by atoms with Gasteiger partial charge in [0, 0.05) is 18.7 Å². The third-order valence-corrected chi connectivity index (χ3v) is 6.49. The summed E-state index contributed by atoms with van der Waals surface area (Å²) in [6, 6.07) is 12.5. The summed E-state index contributed by atoms with van der Waals surface area (Å²) in [5, 5.41) is 0.468. The molecule has 1 amide bonds. The lowest BCUT2D eigenvalue weighted by atomic mass is 9.89. The summed E-state index contributed by atoms with van der Waals surface area (Å²) in [6.45, 7) is 4.19. The monoisotopic (exact) mass is 424 g/mol. The molecule has 0 bridgehead atoms. The molecule has 30 heavy (non-hydrogen) atoms. The number of thiazole rings is 1. The van der Waals surface area contributed by atoms with E-state index < -0.39 is 5.92 Å². The van der Waals surface area contributed by atoms with Gasteiger partial charge in [0.15, 0.2) is 0 Å². The maximum Gasteiger partial charge on any atom is 0.314 e. The second-order valence-electron chi connectivity index (χ2n) is 7.38. The van der Waals surface area contributed by atoms with E-state index in [2.05, 4.69) is 4.98 Å². The number of hydrogen-bond donors (Lipinski definition) is 0. The molecule has 1 aromatic heterocycles. The van der Waals surface area contributed by atoms with E-state index in [1.807, 2.05) is 37.3 Å². The van der Waals surface area contributed by atoms with Crippen molar-refractivity contribution in [1.29, 1.82) is 0 Å². The zero-order valence-electron chi connectivity index (χ0n) is 16.9. The van der Waals surface area contributed by atoms with Crippen LogP contribution in [0.2, 0.25) is 0 Å². The highest BCUT2D eigenvalue weighted by molar-refractivity contribution is 7.17. The Hall–Kier alpha value is -3.06. The quantitative estimate of drug-likeness (QED) is 0.582. The van der Waals surface area contributed by atoms with E-state index in [1.54, 1.807) is 17.9 Å². The van der Waals surface area contributed by atoms with Crippen LogP contribution < -0.4 is 0 Å². The fraction of sp³-hybridized carbons (Fsp3) is 0.261. The SMILES string of the molecule is COC(=O)C1CN(C(=O)c2sc(-c3ccc(C)cc3F)nc2C)Cc2ccccc21. The van der Waals surface area contributed by atoms with Gasteiger partial charge in [0.2, 0.25) is 0 Å². The smallest absolute Gasteiger partial charge is 0.314 e. The number of halogens is 1. The second-order valence-corrected chi connectivity index (χ2v) is 8.38. The Bertz CT molecular complexity index is 1140. The van der Waals surface area contributed by atoms with Crippen molar-refractivity contribution in [2.24, 2.45) is 0 Å². The highest BCUT2D eigenvalue weighted by atomic mass is 32.1. The van der Waals surface area contributed by atoms with Crippen LogP contribution in [0.25, 0.3) is 10.6 Å². The molecule has 0 N–H and O–H groups in total. The molecular weight excluding hydrogens is 403 g/mol. The molecule has 0 radical (unpaired) electrons. The van der Waals surface area contributed by atoms with Crippen molar-refractivity contribution in [3.63, 3.8) is 0 Å². The Balaban J connectivity index is 1.67. The van der Waals surface area contributed by atoms with Gasteiger partial charge in [-0.25, -0.2) is 9.37 Å². The number of ether oxygens (including phenoxy) is 1. The third kappa shape index (κ3) is 3.61. The number of fused-ring (bicyclic) bond motifs is 1. The summed E-state index contributed by atoms with van der Waals surface area (Å²) < 4.78 is 19.4. The lowest BCUT2D eigenvalue weighted by molar-refractivity contribution is -0.143. The molecule has 154 valence electrons. The summed E-state index contributed by atoms with van der Waals surface area (Å²) in [5.41, 5.74) is 3.55. The van der Waals surface area contributed by atoms with Crippen LogP contribution >= 0.6 is 11.3 Å². The minimum Gasteiger partial charge on any atom is -0.468 e. The van der Waals surface area contributed by atoms with Gasteiger partial charge in [0.25, 0.3) is 5.91 Å². The number of methoxy groups -OCH3 is 1. The number of aryl methyl sites for hydroxylation is 2. The van der Waals surface area contributed by atoms with Gasteiger partial charge in [-0.15, -0.1) is 11.3 Å². The molecule has 0 fully saturated rings. The zero-order chi connectivity index (χ0) is 21.4. The minimum atomic E-state index is -0.536. The average molecular weight is 424 g/mol. The van der Waals surface area contributed by atoms with E-state index in [9.17, 15) is 14.0 Å². The number of aromatic nitrogens is 1. The first kappa shape index (κ1) is 20.2. The number of carbonyl (C=O) groups is 2.